The molecule has 0 aliphatic carbocycles. The molecule has 5 nitrogen and oxygen atoms in total. The minimum Gasteiger partial charge on any atom is -0.481 e. The molecule has 0 atom stereocenters. The van der Waals surface area contributed by atoms with Gasteiger partial charge >= 0.3 is 0 Å². The van der Waals surface area contributed by atoms with Crippen LogP contribution in [-0.4, -0.2) is 23.2 Å². The molecule has 0 aromatic carbocycles. The number of nitrogens with two attached hydrogens (primary N) is 1. The summed E-state index contributed by atoms with van der Waals surface area (Å²) in [6.07, 6.45) is 2.95. The molecule has 0 amide bonds. The third-order valence-electron chi connectivity index (χ3n) is 2.83. The zero-order valence-electron chi connectivity index (χ0n) is 10.7. The predicted molar refractivity (Wildman–Crippen MR) is 72.8 cm³/mol. The van der Waals surface area contributed by atoms with Gasteiger partial charge in [0.1, 0.15) is 0 Å². The molecule has 0 aliphatic heterocycles. The number of nitrogen functional groups attached to an aromatic ring is 1. The summed E-state index contributed by atoms with van der Waals surface area (Å²) in [6.45, 7) is 0.780. The number of aromatic nitrogens is 2. The lowest BCUT2D eigenvalue weighted by molar-refractivity contribution is 0.398. The fraction of sp³-hybridized carbons (Fsp3) is 0.308. The van der Waals surface area contributed by atoms with Gasteiger partial charge in [-0.25, -0.2) is 0 Å². The van der Waals surface area contributed by atoms with E-state index in [0.717, 1.165) is 13.0 Å². The maximum absolute atomic E-state index is 5.85. The van der Waals surface area contributed by atoms with Crippen LogP contribution in [0.3, 0.4) is 0 Å². The van der Waals surface area contributed by atoms with E-state index in [-0.39, 0.29) is 0 Å². The lowest BCUT2D eigenvalue weighted by atomic mass is 10.3. The second-order valence-corrected chi connectivity index (χ2v) is 4.08. The Kier molecular flexibility index (Phi) is 3.72. The lowest BCUT2D eigenvalue weighted by Gasteiger charge is -2.10. The first kappa shape index (κ1) is 12.3. The van der Waals surface area contributed by atoms with Crippen molar-refractivity contribution in [2.45, 2.75) is 6.42 Å². The number of pyridine rings is 1. The van der Waals surface area contributed by atoms with Crippen molar-refractivity contribution in [3.63, 3.8) is 0 Å². The first-order chi connectivity index (χ1) is 8.70. The van der Waals surface area contributed by atoms with Gasteiger partial charge in [-0.05, 0) is 18.2 Å². The van der Waals surface area contributed by atoms with Gasteiger partial charge in [-0.3, -0.25) is 0 Å². The van der Waals surface area contributed by atoms with E-state index in [9.17, 15) is 0 Å². The summed E-state index contributed by atoms with van der Waals surface area (Å²) in [5.74, 6) is 1.23. The summed E-state index contributed by atoms with van der Waals surface area (Å²) in [5, 5.41) is 3.22. The zero-order chi connectivity index (χ0) is 13.0. The highest BCUT2D eigenvalue weighted by molar-refractivity contribution is 5.61. The third-order valence-corrected chi connectivity index (χ3v) is 2.83. The summed E-state index contributed by atoms with van der Waals surface area (Å²) >= 11 is 0. The van der Waals surface area contributed by atoms with Crippen molar-refractivity contribution in [3.05, 3.63) is 36.2 Å². The molecule has 0 unspecified atom stereocenters. The number of anilines is 2. The number of methoxy groups -OCH3 is 1. The van der Waals surface area contributed by atoms with E-state index < -0.39 is 0 Å². The van der Waals surface area contributed by atoms with E-state index in [2.05, 4.69) is 20.9 Å². The topological polar surface area (TPSA) is 65.1 Å². The fourth-order valence-corrected chi connectivity index (χ4v) is 1.77. The third kappa shape index (κ3) is 2.74. The minimum atomic E-state index is 0.561. The van der Waals surface area contributed by atoms with Gasteiger partial charge in [0.05, 0.1) is 12.8 Å². The maximum atomic E-state index is 5.85. The van der Waals surface area contributed by atoms with Gasteiger partial charge in [-0.15, -0.1) is 0 Å². The molecule has 2 heterocycles. The first-order valence-electron chi connectivity index (χ1n) is 5.85. The predicted octanol–water partition coefficient (Wildman–Crippen LogP) is 1.67. The van der Waals surface area contributed by atoms with Crippen LogP contribution in [0.25, 0.3) is 0 Å². The molecule has 96 valence electrons. The van der Waals surface area contributed by atoms with Crippen molar-refractivity contribution < 1.29 is 4.74 Å². The standard InChI is InChI=1S/C13H18N4O/c1-17-9-3-4-10(17)7-8-15-13-11(14)5-6-12(16-13)18-2/h3-6,9H,7-8,14H2,1-2H3,(H,15,16). The van der Waals surface area contributed by atoms with Gasteiger partial charge in [-0.2, -0.15) is 4.98 Å². The fourth-order valence-electron chi connectivity index (χ4n) is 1.77. The zero-order valence-corrected chi connectivity index (χ0v) is 10.7. The highest BCUT2D eigenvalue weighted by Gasteiger charge is 2.03. The van der Waals surface area contributed by atoms with Crippen molar-refractivity contribution in [3.8, 4) is 5.88 Å². The number of nitrogens with zero attached hydrogens (tertiary/aromatic N) is 2. The Labute approximate surface area is 107 Å². The van der Waals surface area contributed by atoms with Crippen molar-refractivity contribution in [1.29, 1.82) is 0 Å². The normalized spacial score (nSPS) is 10.3. The van der Waals surface area contributed by atoms with Gasteiger partial charge in [-0.1, -0.05) is 0 Å². The monoisotopic (exact) mass is 246 g/mol. The van der Waals surface area contributed by atoms with Crippen LogP contribution in [0.4, 0.5) is 11.5 Å². The Bertz CT molecular complexity index is 521. The Morgan fingerprint density at radius 1 is 1.39 bits per heavy atom. The highest BCUT2D eigenvalue weighted by Crippen LogP contribution is 2.19. The average molecular weight is 246 g/mol. The summed E-state index contributed by atoms with van der Waals surface area (Å²) in [4.78, 5) is 4.27. The quantitative estimate of drug-likeness (QED) is 0.842. The number of rotatable bonds is 5. The van der Waals surface area contributed by atoms with Crippen molar-refractivity contribution >= 4 is 11.5 Å². The second-order valence-electron chi connectivity index (χ2n) is 4.08. The van der Waals surface area contributed by atoms with Gasteiger partial charge in [0.25, 0.3) is 0 Å². The number of hydrogen-bond acceptors (Lipinski definition) is 4. The van der Waals surface area contributed by atoms with Crippen LogP contribution in [0.5, 0.6) is 5.88 Å². The molecule has 0 saturated carbocycles. The smallest absolute Gasteiger partial charge is 0.215 e. The van der Waals surface area contributed by atoms with Crippen LogP contribution in [-0.2, 0) is 13.5 Å². The summed E-state index contributed by atoms with van der Waals surface area (Å²) in [6, 6.07) is 7.67. The van der Waals surface area contributed by atoms with Crippen LogP contribution in [0.15, 0.2) is 30.5 Å². The van der Waals surface area contributed by atoms with Crippen LogP contribution < -0.4 is 15.8 Å². The molecule has 5 heteroatoms. The molecule has 2 rings (SSSR count). The summed E-state index contributed by atoms with van der Waals surface area (Å²) in [5.41, 5.74) is 7.74. The van der Waals surface area contributed by atoms with E-state index >= 15 is 0 Å². The van der Waals surface area contributed by atoms with Gasteiger partial charge < -0.3 is 20.4 Å². The largest absolute Gasteiger partial charge is 0.481 e. The lowest BCUT2D eigenvalue weighted by Crippen LogP contribution is -2.10. The van der Waals surface area contributed by atoms with Gasteiger partial charge in [0, 0.05) is 38.0 Å². The van der Waals surface area contributed by atoms with Crippen molar-refractivity contribution in [2.24, 2.45) is 7.05 Å². The average Bonchev–Trinajstić information content (AvgIpc) is 2.77. The van der Waals surface area contributed by atoms with E-state index in [0.29, 0.717) is 17.4 Å². The van der Waals surface area contributed by atoms with Crippen molar-refractivity contribution in [1.82, 2.24) is 9.55 Å². The molecule has 0 fully saturated rings. The molecule has 2 aromatic heterocycles. The molecule has 2 aromatic rings. The maximum Gasteiger partial charge on any atom is 0.215 e. The molecule has 0 radical (unpaired) electrons. The van der Waals surface area contributed by atoms with E-state index in [1.807, 2.05) is 19.3 Å². The Morgan fingerprint density at radius 2 is 2.22 bits per heavy atom. The minimum absolute atomic E-state index is 0.561. The van der Waals surface area contributed by atoms with E-state index in [4.69, 9.17) is 10.5 Å². The van der Waals surface area contributed by atoms with Crippen LogP contribution in [0.2, 0.25) is 0 Å². The number of aryl methyl sites for hydroxylation is 1. The highest BCUT2D eigenvalue weighted by atomic mass is 16.5. The first-order valence-corrected chi connectivity index (χ1v) is 5.85. The molecular weight excluding hydrogens is 228 g/mol. The van der Waals surface area contributed by atoms with Gasteiger partial charge in [0.15, 0.2) is 5.82 Å². The van der Waals surface area contributed by atoms with Crippen LogP contribution in [0.1, 0.15) is 5.69 Å². The van der Waals surface area contributed by atoms with E-state index in [1.54, 1.807) is 19.2 Å². The molecule has 0 aliphatic rings. The van der Waals surface area contributed by atoms with E-state index in [1.165, 1.54) is 5.69 Å². The molecule has 0 spiro atoms. The van der Waals surface area contributed by atoms with Gasteiger partial charge in [0.2, 0.25) is 5.88 Å². The molecule has 0 bridgehead atoms. The molecule has 18 heavy (non-hydrogen) atoms. The van der Waals surface area contributed by atoms with Crippen LogP contribution in [0, 0.1) is 0 Å². The Hall–Kier alpha value is -2.17. The molecule has 3 N–H and O–H groups in total. The Balaban J connectivity index is 1.96. The van der Waals surface area contributed by atoms with Crippen LogP contribution >= 0.6 is 0 Å². The Morgan fingerprint density at radius 3 is 2.89 bits per heavy atom. The SMILES string of the molecule is COc1ccc(N)c(NCCc2cccn2C)n1. The second kappa shape index (κ2) is 5.44. The molecule has 0 saturated heterocycles. The summed E-state index contributed by atoms with van der Waals surface area (Å²) in [7, 11) is 3.62. The summed E-state index contributed by atoms with van der Waals surface area (Å²) < 4.78 is 7.17. The molecular formula is C13H18N4O. The number of nitrogens with one attached hydrogen (secondary N) is 1. The van der Waals surface area contributed by atoms with Crippen molar-refractivity contribution in [2.75, 3.05) is 24.7 Å². The number of hydrogen-bond donors (Lipinski definition) is 2. The number of ether oxygens (including phenoxy) is 1.